The minimum atomic E-state index is -0.751. The highest BCUT2D eigenvalue weighted by Gasteiger charge is 2.19. The predicted octanol–water partition coefficient (Wildman–Crippen LogP) is 2.98. The van der Waals surface area contributed by atoms with Crippen LogP contribution in [0.4, 0.5) is 0 Å². The lowest BCUT2D eigenvalue weighted by Crippen LogP contribution is -2.13. The molecule has 74 valence electrons. The molecule has 1 aromatic carbocycles. The molecule has 0 heterocycles. The van der Waals surface area contributed by atoms with Crippen LogP contribution in [0.5, 0.6) is 0 Å². The van der Waals surface area contributed by atoms with Crippen molar-refractivity contribution in [3.8, 4) is 6.07 Å². The van der Waals surface area contributed by atoms with Gasteiger partial charge in [0.1, 0.15) is 0 Å². The predicted molar refractivity (Wildman–Crippen MR) is 56.5 cm³/mol. The maximum Gasteiger partial charge on any atom is 0.0983 e. The van der Waals surface area contributed by atoms with Crippen molar-refractivity contribution in [1.82, 2.24) is 0 Å². The lowest BCUT2D eigenvalue weighted by molar-refractivity contribution is 0.181. The van der Waals surface area contributed by atoms with Gasteiger partial charge in [0, 0.05) is 10.0 Å². The summed E-state index contributed by atoms with van der Waals surface area (Å²) in [6.07, 6.45) is -0.751. The quantitative estimate of drug-likeness (QED) is 0.848. The van der Waals surface area contributed by atoms with E-state index in [9.17, 15) is 5.11 Å². The Kier molecular flexibility index (Phi) is 3.77. The van der Waals surface area contributed by atoms with Gasteiger partial charge in [-0.3, -0.25) is 0 Å². The van der Waals surface area contributed by atoms with E-state index in [0.29, 0.717) is 15.6 Å². The zero-order valence-corrected chi connectivity index (χ0v) is 9.05. The summed E-state index contributed by atoms with van der Waals surface area (Å²) in [5.41, 5.74) is 0.605. The van der Waals surface area contributed by atoms with Crippen LogP contribution in [0.15, 0.2) is 18.2 Å². The maximum atomic E-state index is 9.35. The molecule has 2 unspecified atom stereocenters. The van der Waals surface area contributed by atoms with Gasteiger partial charge in [0.25, 0.3) is 0 Å². The Morgan fingerprint density at radius 2 is 2.07 bits per heavy atom. The second kappa shape index (κ2) is 4.65. The second-order valence-electron chi connectivity index (χ2n) is 3.01. The number of aliphatic hydroxyl groups excluding tert-OH is 1. The number of nitriles is 1. The van der Waals surface area contributed by atoms with Gasteiger partial charge < -0.3 is 5.11 Å². The van der Waals surface area contributed by atoms with Gasteiger partial charge in [0.15, 0.2) is 0 Å². The van der Waals surface area contributed by atoms with E-state index in [4.69, 9.17) is 28.5 Å². The second-order valence-corrected chi connectivity index (χ2v) is 3.86. The molecule has 0 spiro atoms. The molecule has 0 radical (unpaired) electrons. The molecule has 0 aliphatic heterocycles. The van der Waals surface area contributed by atoms with E-state index in [2.05, 4.69) is 0 Å². The summed E-state index contributed by atoms with van der Waals surface area (Å²) in [4.78, 5) is 0. The Hall–Kier alpha value is -0.750. The van der Waals surface area contributed by atoms with Crippen LogP contribution in [-0.4, -0.2) is 11.2 Å². The third kappa shape index (κ3) is 2.39. The fourth-order valence-electron chi connectivity index (χ4n) is 1.19. The highest BCUT2D eigenvalue weighted by Crippen LogP contribution is 2.29. The van der Waals surface area contributed by atoms with E-state index in [1.807, 2.05) is 6.07 Å². The molecule has 0 aromatic heterocycles. The molecular formula is C10H9Cl2NO. The number of hydrogen-bond donors (Lipinski definition) is 1. The van der Waals surface area contributed by atoms with E-state index < -0.39 is 12.0 Å². The third-order valence-corrected chi connectivity index (χ3v) is 2.48. The first-order chi connectivity index (χ1) is 6.56. The molecule has 0 bridgehead atoms. The van der Waals surface area contributed by atoms with Crippen LogP contribution in [0.25, 0.3) is 0 Å². The molecule has 2 atom stereocenters. The zero-order chi connectivity index (χ0) is 10.7. The third-order valence-electron chi connectivity index (χ3n) is 1.92. The summed E-state index contributed by atoms with van der Waals surface area (Å²) in [7, 11) is 0. The highest BCUT2D eigenvalue weighted by molar-refractivity contribution is 6.35. The van der Waals surface area contributed by atoms with Crippen molar-refractivity contribution in [1.29, 1.82) is 5.26 Å². The molecule has 2 nitrogen and oxygen atoms in total. The largest absolute Gasteiger partial charge is 0.392 e. The summed E-state index contributed by atoms with van der Waals surface area (Å²) in [5, 5.41) is 19.1. The van der Waals surface area contributed by atoms with Crippen LogP contribution in [-0.2, 0) is 0 Å². The monoisotopic (exact) mass is 229 g/mol. The molecule has 1 N–H and O–H groups in total. The van der Waals surface area contributed by atoms with E-state index in [0.717, 1.165) is 0 Å². The number of aliphatic hydroxyl groups is 1. The zero-order valence-electron chi connectivity index (χ0n) is 7.54. The van der Waals surface area contributed by atoms with Crippen LogP contribution in [0.3, 0.4) is 0 Å². The smallest absolute Gasteiger partial charge is 0.0983 e. The minimum absolute atomic E-state index is 0.407. The van der Waals surface area contributed by atoms with Crippen molar-refractivity contribution < 1.29 is 5.11 Å². The van der Waals surface area contributed by atoms with Gasteiger partial charge in [-0.25, -0.2) is 0 Å². The van der Waals surface area contributed by atoms with Crippen LogP contribution < -0.4 is 0 Å². The molecular weight excluding hydrogens is 221 g/mol. The number of hydrogen-bond acceptors (Lipinski definition) is 2. The summed E-state index contributed by atoms with van der Waals surface area (Å²) in [6.45, 7) is 1.55. The average molecular weight is 230 g/mol. The van der Waals surface area contributed by atoms with E-state index in [1.54, 1.807) is 25.1 Å². The Labute approximate surface area is 92.7 Å². The van der Waals surface area contributed by atoms with Crippen molar-refractivity contribution in [3.05, 3.63) is 33.8 Å². The summed E-state index contributed by atoms with van der Waals surface area (Å²) in [5.74, 6) is -0.611. The first-order valence-corrected chi connectivity index (χ1v) is 4.84. The van der Waals surface area contributed by atoms with Crippen molar-refractivity contribution in [2.75, 3.05) is 0 Å². The summed E-state index contributed by atoms with van der Waals surface area (Å²) in [6, 6.07) is 6.87. The van der Waals surface area contributed by atoms with E-state index >= 15 is 0 Å². The SMILES string of the molecule is CC(O)C(C#N)c1ccc(Cl)cc1Cl. The number of halogens is 2. The normalized spacial score (nSPS) is 14.5. The molecule has 4 heteroatoms. The number of benzene rings is 1. The van der Waals surface area contributed by atoms with Gasteiger partial charge in [0.2, 0.25) is 0 Å². The van der Waals surface area contributed by atoms with Crippen LogP contribution in [0.2, 0.25) is 10.0 Å². The highest BCUT2D eigenvalue weighted by atomic mass is 35.5. The summed E-state index contributed by atoms with van der Waals surface area (Å²) < 4.78 is 0. The van der Waals surface area contributed by atoms with Crippen molar-refractivity contribution in [2.45, 2.75) is 18.9 Å². The average Bonchev–Trinajstić information content (AvgIpc) is 2.09. The van der Waals surface area contributed by atoms with Gasteiger partial charge in [-0.1, -0.05) is 29.3 Å². The molecule has 0 saturated carbocycles. The fraction of sp³-hybridized carbons (Fsp3) is 0.300. The fourth-order valence-corrected chi connectivity index (χ4v) is 1.72. The lowest BCUT2D eigenvalue weighted by Gasteiger charge is -2.13. The first kappa shape index (κ1) is 11.3. The van der Waals surface area contributed by atoms with Gasteiger partial charge in [-0.15, -0.1) is 0 Å². The Balaban J connectivity index is 3.13. The van der Waals surface area contributed by atoms with E-state index in [1.165, 1.54) is 0 Å². The molecule has 0 fully saturated rings. The standard InChI is InChI=1S/C10H9Cl2NO/c1-6(14)9(5-13)8-3-2-7(11)4-10(8)12/h2-4,6,9,14H,1H3. The van der Waals surface area contributed by atoms with Crippen LogP contribution in [0, 0.1) is 11.3 Å². The van der Waals surface area contributed by atoms with Crippen LogP contribution >= 0.6 is 23.2 Å². The van der Waals surface area contributed by atoms with Crippen molar-refractivity contribution in [2.24, 2.45) is 0 Å². The molecule has 14 heavy (non-hydrogen) atoms. The molecule has 1 rings (SSSR count). The summed E-state index contributed by atoms with van der Waals surface area (Å²) >= 11 is 11.6. The van der Waals surface area contributed by atoms with Gasteiger partial charge in [0.05, 0.1) is 18.1 Å². The minimum Gasteiger partial charge on any atom is -0.392 e. The van der Waals surface area contributed by atoms with Gasteiger partial charge >= 0.3 is 0 Å². The number of nitrogens with zero attached hydrogens (tertiary/aromatic N) is 1. The van der Waals surface area contributed by atoms with Crippen molar-refractivity contribution in [3.63, 3.8) is 0 Å². The van der Waals surface area contributed by atoms with Gasteiger partial charge in [-0.05, 0) is 24.6 Å². The molecule has 0 saturated heterocycles. The first-order valence-electron chi connectivity index (χ1n) is 4.09. The Morgan fingerprint density at radius 1 is 1.43 bits per heavy atom. The molecule has 0 aliphatic carbocycles. The molecule has 1 aromatic rings. The topological polar surface area (TPSA) is 44.0 Å². The van der Waals surface area contributed by atoms with Crippen LogP contribution in [0.1, 0.15) is 18.4 Å². The Bertz CT molecular complexity index is 371. The number of rotatable bonds is 2. The Morgan fingerprint density at radius 3 is 2.50 bits per heavy atom. The molecule has 0 aliphatic rings. The van der Waals surface area contributed by atoms with E-state index in [-0.39, 0.29) is 0 Å². The lowest BCUT2D eigenvalue weighted by atomic mass is 9.96. The molecule has 0 amide bonds. The van der Waals surface area contributed by atoms with Crippen molar-refractivity contribution >= 4 is 23.2 Å². The van der Waals surface area contributed by atoms with Gasteiger partial charge in [-0.2, -0.15) is 5.26 Å². The maximum absolute atomic E-state index is 9.35.